The van der Waals surface area contributed by atoms with Gasteiger partial charge in [-0.15, -0.1) is 0 Å². The number of nitrogens with zero attached hydrogens (tertiary/aromatic N) is 1. The number of nitrogens with one attached hydrogen (secondary N) is 1. The molecule has 0 aromatic heterocycles. The Bertz CT molecular complexity index is 301. The minimum absolute atomic E-state index is 0.0681. The average molecular weight is 272 g/mol. The normalized spacial score (nSPS) is 11.5. The van der Waals surface area contributed by atoms with Crippen molar-refractivity contribution < 1.29 is 14.7 Å². The summed E-state index contributed by atoms with van der Waals surface area (Å²) in [4.78, 5) is 24.3. The molecule has 0 atom stereocenters. The maximum absolute atomic E-state index is 12.1. The first-order chi connectivity index (χ1) is 8.69. The molecular weight excluding hydrogens is 244 g/mol. The van der Waals surface area contributed by atoms with E-state index in [0.717, 1.165) is 6.42 Å². The molecule has 0 radical (unpaired) electrons. The van der Waals surface area contributed by atoms with Crippen LogP contribution in [-0.4, -0.2) is 41.1 Å². The quantitative estimate of drug-likeness (QED) is 0.713. The van der Waals surface area contributed by atoms with Crippen molar-refractivity contribution in [1.29, 1.82) is 0 Å². The number of amides is 2. The van der Waals surface area contributed by atoms with Crippen molar-refractivity contribution >= 4 is 12.0 Å². The third-order valence-electron chi connectivity index (χ3n) is 3.35. The van der Waals surface area contributed by atoms with Gasteiger partial charge in [-0.3, -0.25) is 4.79 Å². The van der Waals surface area contributed by atoms with Crippen LogP contribution >= 0.6 is 0 Å². The van der Waals surface area contributed by atoms with Crippen LogP contribution in [0.2, 0.25) is 0 Å². The number of hydrogen-bond acceptors (Lipinski definition) is 2. The zero-order valence-electron chi connectivity index (χ0n) is 12.8. The predicted octanol–water partition coefficient (Wildman–Crippen LogP) is 2.71. The summed E-state index contributed by atoms with van der Waals surface area (Å²) in [5.74, 6) is -0.823. The van der Waals surface area contributed by atoms with E-state index in [0.29, 0.717) is 19.5 Å². The van der Waals surface area contributed by atoms with Gasteiger partial charge in [0.25, 0.3) is 0 Å². The molecule has 0 spiro atoms. The minimum atomic E-state index is -0.823. The van der Waals surface area contributed by atoms with Gasteiger partial charge in [-0.25, -0.2) is 4.79 Å². The van der Waals surface area contributed by atoms with Crippen molar-refractivity contribution in [2.45, 2.75) is 59.9 Å². The van der Waals surface area contributed by atoms with Crippen LogP contribution in [0.4, 0.5) is 4.79 Å². The molecule has 2 N–H and O–H groups in total. The van der Waals surface area contributed by atoms with E-state index < -0.39 is 5.97 Å². The third-order valence-corrected chi connectivity index (χ3v) is 3.35. The highest BCUT2D eigenvalue weighted by Crippen LogP contribution is 2.17. The molecule has 0 aromatic carbocycles. The molecule has 0 saturated heterocycles. The molecule has 0 aliphatic carbocycles. The van der Waals surface area contributed by atoms with Gasteiger partial charge in [0, 0.05) is 25.6 Å². The van der Waals surface area contributed by atoms with E-state index in [2.05, 4.69) is 26.1 Å². The van der Waals surface area contributed by atoms with Crippen LogP contribution in [0.15, 0.2) is 0 Å². The summed E-state index contributed by atoms with van der Waals surface area (Å²) < 4.78 is 0. The summed E-state index contributed by atoms with van der Waals surface area (Å²) in [5, 5.41) is 11.6. The van der Waals surface area contributed by atoms with Crippen LogP contribution in [0.3, 0.4) is 0 Å². The first-order valence-electron chi connectivity index (χ1n) is 6.96. The summed E-state index contributed by atoms with van der Waals surface area (Å²) >= 11 is 0. The molecule has 0 saturated carbocycles. The van der Waals surface area contributed by atoms with E-state index >= 15 is 0 Å². The molecule has 0 aliphatic rings. The number of carboxylic acid groups (broad SMARTS) is 1. The standard InChI is InChI=1S/C14H28N2O3/c1-6-14(4,5)10-15-13(19)16(11(2)3)9-7-8-12(17)18/h11H,6-10H2,1-5H3,(H,15,19)(H,17,18). The molecule has 112 valence electrons. The van der Waals surface area contributed by atoms with E-state index in [1.54, 1.807) is 4.90 Å². The van der Waals surface area contributed by atoms with Gasteiger partial charge < -0.3 is 15.3 Å². The predicted molar refractivity (Wildman–Crippen MR) is 76.2 cm³/mol. The first kappa shape index (κ1) is 17.7. The monoisotopic (exact) mass is 272 g/mol. The number of carboxylic acids is 1. The number of urea groups is 1. The number of carbonyl (C=O) groups is 2. The van der Waals surface area contributed by atoms with Crippen molar-refractivity contribution in [2.24, 2.45) is 5.41 Å². The van der Waals surface area contributed by atoms with Gasteiger partial charge in [-0.05, 0) is 32.1 Å². The zero-order valence-corrected chi connectivity index (χ0v) is 12.8. The molecule has 2 amide bonds. The fourth-order valence-electron chi connectivity index (χ4n) is 1.54. The summed E-state index contributed by atoms with van der Waals surface area (Å²) in [6, 6.07) is -0.0413. The van der Waals surface area contributed by atoms with Crippen LogP contribution in [0.1, 0.15) is 53.9 Å². The lowest BCUT2D eigenvalue weighted by Crippen LogP contribution is -2.47. The number of aliphatic carboxylic acids is 1. The summed E-state index contributed by atoms with van der Waals surface area (Å²) in [5.41, 5.74) is 0.0827. The molecule has 0 heterocycles. The Labute approximate surface area is 116 Å². The highest BCUT2D eigenvalue weighted by atomic mass is 16.4. The second kappa shape index (κ2) is 8.02. The lowest BCUT2D eigenvalue weighted by molar-refractivity contribution is -0.137. The Morgan fingerprint density at radius 1 is 1.32 bits per heavy atom. The fourth-order valence-corrected chi connectivity index (χ4v) is 1.54. The topological polar surface area (TPSA) is 69.6 Å². The SMILES string of the molecule is CCC(C)(C)CNC(=O)N(CCCC(=O)O)C(C)C. The largest absolute Gasteiger partial charge is 0.481 e. The summed E-state index contributed by atoms with van der Waals surface area (Å²) in [6.07, 6.45) is 1.57. The Hall–Kier alpha value is -1.26. The van der Waals surface area contributed by atoms with Gasteiger partial charge in [-0.1, -0.05) is 20.8 Å². The van der Waals surface area contributed by atoms with E-state index in [-0.39, 0.29) is 23.9 Å². The lowest BCUT2D eigenvalue weighted by atomic mass is 9.90. The van der Waals surface area contributed by atoms with Crippen LogP contribution in [0.25, 0.3) is 0 Å². The van der Waals surface area contributed by atoms with Crippen molar-refractivity contribution in [1.82, 2.24) is 10.2 Å². The minimum Gasteiger partial charge on any atom is -0.481 e. The molecule has 5 heteroatoms. The fraction of sp³-hybridized carbons (Fsp3) is 0.857. The van der Waals surface area contributed by atoms with Crippen molar-refractivity contribution in [3.63, 3.8) is 0 Å². The molecule has 0 aromatic rings. The molecule has 19 heavy (non-hydrogen) atoms. The Morgan fingerprint density at radius 3 is 2.32 bits per heavy atom. The average Bonchev–Trinajstić information content (AvgIpc) is 2.31. The van der Waals surface area contributed by atoms with Gasteiger partial charge in [0.15, 0.2) is 0 Å². The van der Waals surface area contributed by atoms with Crippen LogP contribution in [-0.2, 0) is 4.79 Å². The van der Waals surface area contributed by atoms with E-state index in [9.17, 15) is 9.59 Å². The molecular formula is C14H28N2O3. The highest BCUT2D eigenvalue weighted by Gasteiger charge is 2.20. The number of hydrogen-bond donors (Lipinski definition) is 2. The highest BCUT2D eigenvalue weighted by molar-refractivity contribution is 5.74. The second-order valence-corrected chi connectivity index (χ2v) is 5.96. The first-order valence-corrected chi connectivity index (χ1v) is 6.96. The molecule has 0 aliphatic heterocycles. The summed E-state index contributed by atoms with van der Waals surface area (Å²) in [7, 11) is 0. The molecule has 0 unspecified atom stereocenters. The van der Waals surface area contributed by atoms with E-state index in [1.165, 1.54) is 0 Å². The van der Waals surface area contributed by atoms with Crippen molar-refractivity contribution in [3.05, 3.63) is 0 Å². The number of carbonyl (C=O) groups excluding carboxylic acids is 1. The Kier molecular flexibility index (Phi) is 7.49. The van der Waals surface area contributed by atoms with Crippen molar-refractivity contribution in [3.8, 4) is 0 Å². The van der Waals surface area contributed by atoms with Crippen LogP contribution in [0.5, 0.6) is 0 Å². The molecule has 5 nitrogen and oxygen atoms in total. The Balaban J connectivity index is 4.30. The smallest absolute Gasteiger partial charge is 0.317 e. The summed E-state index contributed by atoms with van der Waals surface area (Å²) in [6.45, 7) is 11.3. The van der Waals surface area contributed by atoms with Gasteiger partial charge in [-0.2, -0.15) is 0 Å². The van der Waals surface area contributed by atoms with E-state index in [4.69, 9.17) is 5.11 Å². The lowest BCUT2D eigenvalue weighted by Gasteiger charge is -2.29. The maximum Gasteiger partial charge on any atom is 0.317 e. The molecule has 0 rings (SSSR count). The second-order valence-electron chi connectivity index (χ2n) is 5.96. The maximum atomic E-state index is 12.1. The van der Waals surface area contributed by atoms with Gasteiger partial charge in [0.2, 0.25) is 0 Å². The van der Waals surface area contributed by atoms with Crippen molar-refractivity contribution in [2.75, 3.05) is 13.1 Å². The van der Waals surface area contributed by atoms with Gasteiger partial charge >= 0.3 is 12.0 Å². The van der Waals surface area contributed by atoms with Gasteiger partial charge in [0.1, 0.15) is 0 Å². The van der Waals surface area contributed by atoms with Gasteiger partial charge in [0.05, 0.1) is 0 Å². The zero-order chi connectivity index (χ0) is 15.1. The number of rotatable bonds is 8. The van der Waals surface area contributed by atoms with Crippen LogP contribution < -0.4 is 5.32 Å². The molecule has 0 fully saturated rings. The molecule has 0 bridgehead atoms. The van der Waals surface area contributed by atoms with E-state index in [1.807, 2.05) is 13.8 Å². The third kappa shape index (κ3) is 7.70. The van der Waals surface area contributed by atoms with Crippen LogP contribution in [0, 0.1) is 5.41 Å². The Morgan fingerprint density at radius 2 is 1.89 bits per heavy atom.